The summed E-state index contributed by atoms with van der Waals surface area (Å²) in [5, 5.41) is 0. The molecule has 0 spiro atoms. The molecule has 0 aromatic heterocycles. The van der Waals surface area contributed by atoms with Gasteiger partial charge in [0.2, 0.25) is 0 Å². The molecule has 1 aliphatic heterocycles. The van der Waals surface area contributed by atoms with Gasteiger partial charge in [-0.3, -0.25) is 9.69 Å². The van der Waals surface area contributed by atoms with E-state index in [1.807, 2.05) is 0 Å². The Morgan fingerprint density at radius 3 is 2.47 bits per heavy atom. The Balaban J connectivity index is 2.64. The van der Waals surface area contributed by atoms with Crippen LogP contribution in [0.15, 0.2) is 0 Å². The van der Waals surface area contributed by atoms with Crippen LogP contribution in [0.2, 0.25) is 0 Å². The summed E-state index contributed by atoms with van der Waals surface area (Å²) in [6, 6.07) is -0.103. The number of ether oxygens (including phenoxy) is 2. The minimum atomic E-state index is -0.111. The van der Waals surface area contributed by atoms with Crippen molar-refractivity contribution in [1.29, 1.82) is 0 Å². The molecule has 0 bridgehead atoms. The number of hydrogen-bond acceptors (Lipinski definition) is 4. The van der Waals surface area contributed by atoms with Gasteiger partial charge in [-0.25, -0.2) is 0 Å². The molecule has 0 amide bonds. The predicted octanol–water partition coefficient (Wildman–Crippen LogP) is 1.83. The molecule has 100 valence electrons. The zero-order valence-electron chi connectivity index (χ0n) is 11.4. The molecule has 1 unspecified atom stereocenters. The lowest BCUT2D eigenvalue weighted by atomic mass is 10.1. The van der Waals surface area contributed by atoms with Crippen LogP contribution in [0.25, 0.3) is 0 Å². The molecule has 1 fully saturated rings. The minimum Gasteiger partial charge on any atom is -0.468 e. The molecule has 17 heavy (non-hydrogen) atoms. The molecular weight excluding hydrogens is 218 g/mol. The van der Waals surface area contributed by atoms with Gasteiger partial charge in [-0.2, -0.15) is 0 Å². The number of unbranched alkanes of at least 4 members (excludes halogenated alkanes) is 1. The van der Waals surface area contributed by atoms with Crippen LogP contribution in [0, 0.1) is 0 Å². The molecule has 0 aromatic rings. The molecule has 1 rings (SSSR count). The first-order valence-electron chi connectivity index (χ1n) is 6.55. The fourth-order valence-electron chi connectivity index (χ4n) is 2.46. The SMILES string of the molecule is CCCCC(C(=O)OC)N1C[C@@H](C)O[C@@H](C)C1. The highest BCUT2D eigenvalue weighted by Gasteiger charge is 2.32. The number of methoxy groups -OCH3 is 1. The Kier molecular flexibility index (Phi) is 5.92. The Labute approximate surface area is 104 Å². The Morgan fingerprint density at radius 2 is 2.00 bits per heavy atom. The molecule has 1 aliphatic rings. The molecule has 1 heterocycles. The van der Waals surface area contributed by atoms with Gasteiger partial charge in [0.1, 0.15) is 6.04 Å². The van der Waals surface area contributed by atoms with Crippen molar-refractivity contribution in [3.05, 3.63) is 0 Å². The van der Waals surface area contributed by atoms with Gasteiger partial charge >= 0.3 is 5.97 Å². The number of carbonyl (C=O) groups excluding carboxylic acids is 1. The lowest BCUT2D eigenvalue weighted by Crippen LogP contribution is -2.52. The first-order chi connectivity index (χ1) is 8.08. The second kappa shape index (κ2) is 6.97. The summed E-state index contributed by atoms with van der Waals surface area (Å²) < 4.78 is 10.6. The summed E-state index contributed by atoms with van der Waals surface area (Å²) >= 11 is 0. The van der Waals surface area contributed by atoms with Crippen molar-refractivity contribution in [1.82, 2.24) is 4.90 Å². The summed E-state index contributed by atoms with van der Waals surface area (Å²) in [6.45, 7) is 7.87. The van der Waals surface area contributed by atoms with Crippen molar-refractivity contribution in [2.75, 3.05) is 20.2 Å². The number of esters is 1. The van der Waals surface area contributed by atoms with Crippen LogP contribution in [-0.2, 0) is 14.3 Å². The number of hydrogen-bond donors (Lipinski definition) is 0. The lowest BCUT2D eigenvalue weighted by Gasteiger charge is -2.39. The molecule has 0 aromatic carbocycles. The van der Waals surface area contributed by atoms with Gasteiger partial charge in [0.05, 0.1) is 19.3 Å². The molecule has 4 nitrogen and oxygen atoms in total. The normalized spacial score (nSPS) is 27.8. The van der Waals surface area contributed by atoms with E-state index in [4.69, 9.17) is 9.47 Å². The van der Waals surface area contributed by atoms with Crippen molar-refractivity contribution in [3.8, 4) is 0 Å². The van der Waals surface area contributed by atoms with E-state index in [2.05, 4.69) is 25.7 Å². The standard InChI is InChI=1S/C13H25NO3/c1-5-6-7-12(13(15)16-4)14-8-10(2)17-11(3)9-14/h10-12H,5-9H2,1-4H3/t10-,11+,12?. The average molecular weight is 243 g/mol. The third-order valence-corrected chi connectivity index (χ3v) is 3.19. The molecular formula is C13H25NO3. The first-order valence-corrected chi connectivity index (χ1v) is 6.55. The van der Waals surface area contributed by atoms with Gasteiger partial charge in [0.25, 0.3) is 0 Å². The maximum Gasteiger partial charge on any atom is 0.323 e. The fourth-order valence-corrected chi connectivity index (χ4v) is 2.46. The zero-order valence-corrected chi connectivity index (χ0v) is 11.4. The summed E-state index contributed by atoms with van der Waals surface area (Å²) in [4.78, 5) is 14.0. The highest BCUT2D eigenvalue weighted by atomic mass is 16.5. The third kappa shape index (κ3) is 4.28. The van der Waals surface area contributed by atoms with Crippen molar-refractivity contribution >= 4 is 5.97 Å². The van der Waals surface area contributed by atoms with Crippen LogP contribution >= 0.6 is 0 Å². The van der Waals surface area contributed by atoms with Crippen molar-refractivity contribution in [2.24, 2.45) is 0 Å². The van der Waals surface area contributed by atoms with Gasteiger partial charge in [-0.1, -0.05) is 19.8 Å². The van der Waals surface area contributed by atoms with Gasteiger partial charge in [0.15, 0.2) is 0 Å². The van der Waals surface area contributed by atoms with Gasteiger partial charge in [-0.15, -0.1) is 0 Å². The van der Waals surface area contributed by atoms with Crippen LogP contribution in [0.4, 0.5) is 0 Å². The lowest BCUT2D eigenvalue weighted by molar-refractivity contribution is -0.152. The quantitative estimate of drug-likeness (QED) is 0.691. The molecule has 0 N–H and O–H groups in total. The highest BCUT2D eigenvalue weighted by Crippen LogP contribution is 2.18. The molecule has 1 saturated heterocycles. The predicted molar refractivity (Wildman–Crippen MR) is 66.9 cm³/mol. The van der Waals surface area contributed by atoms with E-state index in [1.165, 1.54) is 7.11 Å². The fraction of sp³-hybridized carbons (Fsp3) is 0.923. The number of rotatable bonds is 5. The van der Waals surface area contributed by atoms with E-state index in [0.717, 1.165) is 32.4 Å². The van der Waals surface area contributed by atoms with Crippen LogP contribution in [0.1, 0.15) is 40.0 Å². The Hall–Kier alpha value is -0.610. The number of nitrogens with zero attached hydrogens (tertiary/aromatic N) is 1. The Bertz CT molecular complexity index is 235. The van der Waals surface area contributed by atoms with Crippen LogP contribution in [-0.4, -0.2) is 49.3 Å². The van der Waals surface area contributed by atoms with E-state index in [9.17, 15) is 4.79 Å². The van der Waals surface area contributed by atoms with Crippen LogP contribution < -0.4 is 0 Å². The molecule has 0 aliphatic carbocycles. The maximum absolute atomic E-state index is 11.8. The molecule has 0 radical (unpaired) electrons. The second-order valence-corrected chi connectivity index (χ2v) is 4.89. The van der Waals surface area contributed by atoms with Gasteiger partial charge in [0, 0.05) is 13.1 Å². The monoisotopic (exact) mass is 243 g/mol. The minimum absolute atomic E-state index is 0.103. The Morgan fingerprint density at radius 1 is 1.41 bits per heavy atom. The third-order valence-electron chi connectivity index (χ3n) is 3.19. The second-order valence-electron chi connectivity index (χ2n) is 4.89. The van der Waals surface area contributed by atoms with Crippen molar-refractivity contribution in [3.63, 3.8) is 0 Å². The summed E-state index contributed by atoms with van der Waals surface area (Å²) in [5.74, 6) is -0.111. The molecule has 4 heteroatoms. The average Bonchev–Trinajstić information content (AvgIpc) is 2.28. The number of carbonyl (C=O) groups is 1. The van der Waals surface area contributed by atoms with Crippen LogP contribution in [0.3, 0.4) is 0 Å². The smallest absolute Gasteiger partial charge is 0.323 e. The van der Waals surface area contributed by atoms with E-state index in [1.54, 1.807) is 0 Å². The topological polar surface area (TPSA) is 38.8 Å². The summed E-state index contributed by atoms with van der Waals surface area (Å²) in [7, 11) is 1.47. The summed E-state index contributed by atoms with van der Waals surface area (Å²) in [6.07, 6.45) is 3.41. The molecule has 3 atom stereocenters. The highest BCUT2D eigenvalue weighted by molar-refractivity contribution is 5.75. The first kappa shape index (κ1) is 14.5. The van der Waals surface area contributed by atoms with Crippen LogP contribution in [0.5, 0.6) is 0 Å². The van der Waals surface area contributed by atoms with Gasteiger partial charge < -0.3 is 9.47 Å². The maximum atomic E-state index is 11.8. The van der Waals surface area contributed by atoms with E-state index in [-0.39, 0.29) is 24.2 Å². The zero-order chi connectivity index (χ0) is 12.8. The number of morpholine rings is 1. The van der Waals surface area contributed by atoms with Gasteiger partial charge in [-0.05, 0) is 20.3 Å². The van der Waals surface area contributed by atoms with E-state index >= 15 is 0 Å². The largest absolute Gasteiger partial charge is 0.468 e. The van der Waals surface area contributed by atoms with Crippen molar-refractivity contribution in [2.45, 2.75) is 58.3 Å². The van der Waals surface area contributed by atoms with E-state index < -0.39 is 0 Å². The van der Waals surface area contributed by atoms with E-state index in [0.29, 0.717) is 0 Å². The summed E-state index contributed by atoms with van der Waals surface area (Å²) in [5.41, 5.74) is 0. The molecule has 0 saturated carbocycles. The van der Waals surface area contributed by atoms with Crippen molar-refractivity contribution < 1.29 is 14.3 Å².